The summed E-state index contributed by atoms with van der Waals surface area (Å²) in [6, 6.07) is 6.84. The number of carbonyl (C=O) groups excluding carboxylic acids is 1. The third kappa shape index (κ3) is 4.58. The van der Waals surface area contributed by atoms with E-state index in [2.05, 4.69) is 4.98 Å². The highest BCUT2D eigenvalue weighted by Gasteiger charge is 2.22. The van der Waals surface area contributed by atoms with Crippen LogP contribution in [0.2, 0.25) is 5.02 Å². The quantitative estimate of drug-likeness (QED) is 0.828. The molecule has 2 rings (SSSR count). The molecule has 1 atom stereocenters. The van der Waals surface area contributed by atoms with Crippen LogP contribution in [-0.2, 0) is 16.0 Å². The van der Waals surface area contributed by atoms with Crippen molar-refractivity contribution in [1.82, 2.24) is 9.88 Å². The summed E-state index contributed by atoms with van der Waals surface area (Å²) in [6.45, 7) is 3.40. The molecule has 0 aliphatic heterocycles. The third-order valence-corrected chi connectivity index (χ3v) is 3.98. The molecule has 1 heterocycles. The average Bonchev–Trinajstić information content (AvgIpc) is 3.00. The summed E-state index contributed by atoms with van der Waals surface area (Å²) >= 11 is 5.84. The Hall–Kier alpha value is -2.34. The topological polar surface area (TPSA) is 83.6 Å². The summed E-state index contributed by atoms with van der Waals surface area (Å²) in [7, 11) is 0. The molecule has 0 aliphatic rings. The largest absolute Gasteiger partial charge is 0.480 e. The summed E-state index contributed by atoms with van der Waals surface area (Å²) in [5.41, 5.74) is 1.21. The maximum Gasteiger partial charge on any atom is 0.323 e. The van der Waals surface area contributed by atoms with Gasteiger partial charge in [-0.15, -0.1) is 0 Å². The number of oxazole rings is 1. The lowest BCUT2D eigenvalue weighted by Crippen LogP contribution is -2.42. The number of aliphatic carboxylic acids is 1. The van der Waals surface area contributed by atoms with Crippen LogP contribution in [0.15, 0.2) is 34.9 Å². The lowest BCUT2D eigenvalue weighted by atomic mass is 10.2. The van der Waals surface area contributed by atoms with Crippen LogP contribution in [0.25, 0.3) is 11.5 Å². The molecule has 0 fully saturated rings. The maximum absolute atomic E-state index is 12.4. The first-order valence-electron chi connectivity index (χ1n) is 7.62. The van der Waals surface area contributed by atoms with Gasteiger partial charge in [-0.2, -0.15) is 0 Å². The Morgan fingerprint density at radius 3 is 2.58 bits per heavy atom. The number of amides is 1. The van der Waals surface area contributed by atoms with Crippen LogP contribution in [0.4, 0.5) is 0 Å². The number of carboxylic acids is 1. The highest BCUT2D eigenvalue weighted by atomic mass is 35.5. The summed E-state index contributed by atoms with van der Waals surface area (Å²) in [5, 5.41) is 9.59. The second kappa shape index (κ2) is 7.97. The van der Waals surface area contributed by atoms with Gasteiger partial charge in [0.25, 0.3) is 0 Å². The van der Waals surface area contributed by atoms with Gasteiger partial charge in [-0.25, -0.2) is 4.98 Å². The van der Waals surface area contributed by atoms with Crippen molar-refractivity contribution < 1.29 is 19.1 Å². The molecule has 128 valence electrons. The summed E-state index contributed by atoms with van der Waals surface area (Å²) < 4.78 is 5.40. The van der Waals surface area contributed by atoms with Crippen LogP contribution in [0.3, 0.4) is 0 Å². The lowest BCUT2D eigenvalue weighted by Gasteiger charge is -2.26. The number of hydrogen-bond acceptors (Lipinski definition) is 4. The van der Waals surface area contributed by atoms with Crippen LogP contribution in [0.5, 0.6) is 0 Å². The molecule has 24 heavy (non-hydrogen) atoms. The van der Waals surface area contributed by atoms with Crippen LogP contribution >= 0.6 is 11.6 Å². The van der Waals surface area contributed by atoms with E-state index < -0.39 is 5.97 Å². The van der Waals surface area contributed by atoms with E-state index in [1.165, 1.54) is 11.2 Å². The van der Waals surface area contributed by atoms with E-state index in [1.54, 1.807) is 24.3 Å². The van der Waals surface area contributed by atoms with Gasteiger partial charge in [0.15, 0.2) is 0 Å². The smallest absolute Gasteiger partial charge is 0.323 e. The van der Waals surface area contributed by atoms with E-state index in [4.69, 9.17) is 21.1 Å². The molecule has 1 N–H and O–H groups in total. The minimum atomic E-state index is -1.04. The molecule has 0 aliphatic carbocycles. The molecule has 6 nitrogen and oxygen atoms in total. The van der Waals surface area contributed by atoms with Gasteiger partial charge in [0, 0.05) is 16.6 Å². The number of nitrogens with zero attached hydrogens (tertiary/aromatic N) is 2. The zero-order chi connectivity index (χ0) is 17.7. The molecule has 1 aromatic carbocycles. The number of carboxylic acid groups (broad SMARTS) is 1. The number of benzene rings is 1. The van der Waals surface area contributed by atoms with Crippen molar-refractivity contribution in [3.05, 3.63) is 41.2 Å². The zero-order valence-corrected chi connectivity index (χ0v) is 14.3. The Morgan fingerprint density at radius 2 is 2.00 bits per heavy atom. The van der Waals surface area contributed by atoms with Crippen molar-refractivity contribution in [2.24, 2.45) is 0 Å². The number of aromatic nitrogens is 1. The molecule has 1 amide bonds. The Morgan fingerprint density at radius 1 is 1.33 bits per heavy atom. The molecule has 7 heteroatoms. The molecule has 0 bridgehead atoms. The lowest BCUT2D eigenvalue weighted by molar-refractivity contribution is -0.145. The standard InChI is InChI=1S/C17H19ClN2O4/c1-3-11(2)20(9-16(22)23)15(21)8-14-10-24-17(19-14)12-4-6-13(18)7-5-12/h4-7,10-11H,3,8-9H2,1-2H3,(H,22,23). The molecular formula is C17H19ClN2O4. The van der Waals surface area contributed by atoms with Gasteiger partial charge in [-0.05, 0) is 37.6 Å². The predicted molar refractivity (Wildman–Crippen MR) is 89.8 cm³/mol. The number of rotatable bonds is 7. The fourth-order valence-electron chi connectivity index (χ4n) is 2.23. The van der Waals surface area contributed by atoms with Gasteiger partial charge < -0.3 is 14.4 Å². The van der Waals surface area contributed by atoms with Gasteiger partial charge in [-0.3, -0.25) is 9.59 Å². The zero-order valence-electron chi connectivity index (χ0n) is 13.5. The molecule has 1 aromatic heterocycles. The monoisotopic (exact) mass is 350 g/mol. The molecule has 0 spiro atoms. The molecule has 2 aromatic rings. The Balaban J connectivity index is 2.11. The third-order valence-electron chi connectivity index (χ3n) is 3.72. The molecule has 1 unspecified atom stereocenters. The predicted octanol–water partition coefficient (Wildman–Crippen LogP) is 3.25. The van der Waals surface area contributed by atoms with Gasteiger partial charge >= 0.3 is 5.97 Å². The molecule has 0 saturated heterocycles. The number of hydrogen-bond donors (Lipinski definition) is 1. The van der Waals surface area contributed by atoms with Crippen molar-refractivity contribution >= 4 is 23.5 Å². The van der Waals surface area contributed by atoms with Crippen molar-refractivity contribution in [2.75, 3.05) is 6.54 Å². The molecule has 0 radical (unpaired) electrons. The van der Waals surface area contributed by atoms with Crippen LogP contribution in [0.1, 0.15) is 26.0 Å². The summed E-state index contributed by atoms with van der Waals surface area (Å²) in [5.74, 6) is -0.934. The van der Waals surface area contributed by atoms with Gasteiger partial charge in [0.2, 0.25) is 11.8 Å². The van der Waals surface area contributed by atoms with E-state index in [-0.39, 0.29) is 24.9 Å². The van der Waals surface area contributed by atoms with Crippen molar-refractivity contribution in [3.63, 3.8) is 0 Å². The van der Waals surface area contributed by atoms with E-state index >= 15 is 0 Å². The van der Waals surface area contributed by atoms with Crippen molar-refractivity contribution in [2.45, 2.75) is 32.7 Å². The fraction of sp³-hybridized carbons (Fsp3) is 0.353. The Bertz CT molecular complexity index is 712. The van der Waals surface area contributed by atoms with E-state index in [9.17, 15) is 9.59 Å². The van der Waals surface area contributed by atoms with Gasteiger partial charge in [-0.1, -0.05) is 18.5 Å². The average molecular weight is 351 g/mol. The minimum absolute atomic E-state index is 0.00525. The summed E-state index contributed by atoms with van der Waals surface area (Å²) in [4.78, 5) is 29.0. The number of halogens is 1. The normalized spacial score (nSPS) is 12.0. The fourth-order valence-corrected chi connectivity index (χ4v) is 2.35. The number of carbonyl (C=O) groups is 2. The van der Waals surface area contributed by atoms with E-state index in [0.29, 0.717) is 23.0 Å². The van der Waals surface area contributed by atoms with Gasteiger partial charge in [0.05, 0.1) is 12.1 Å². The molecule has 0 saturated carbocycles. The van der Waals surface area contributed by atoms with Gasteiger partial charge in [0.1, 0.15) is 12.8 Å². The SMILES string of the molecule is CCC(C)N(CC(=O)O)C(=O)Cc1coc(-c2ccc(Cl)cc2)n1. The summed E-state index contributed by atoms with van der Waals surface area (Å²) in [6.07, 6.45) is 2.08. The van der Waals surface area contributed by atoms with Crippen molar-refractivity contribution in [1.29, 1.82) is 0 Å². The highest BCUT2D eigenvalue weighted by molar-refractivity contribution is 6.30. The second-order valence-electron chi connectivity index (χ2n) is 5.50. The van der Waals surface area contributed by atoms with Crippen LogP contribution < -0.4 is 0 Å². The Labute approximate surface area is 145 Å². The second-order valence-corrected chi connectivity index (χ2v) is 5.94. The minimum Gasteiger partial charge on any atom is -0.480 e. The first kappa shape index (κ1) is 18.0. The Kier molecular flexibility index (Phi) is 5.98. The maximum atomic E-state index is 12.4. The van der Waals surface area contributed by atoms with Crippen LogP contribution in [-0.4, -0.2) is 39.5 Å². The first-order valence-corrected chi connectivity index (χ1v) is 8.00. The highest BCUT2D eigenvalue weighted by Crippen LogP contribution is 2.21. The van der Waals surface area contributed by atoms with Crippen LogP contribution in [0, 0.1) is 0 Å². The first-order chi connectivity index (χ1) is 11.4. The van der Waals surface area contributed by atoms with E-state index in [1.807, 2.05) is 13.8 Å². The van der Waals surface area contributed by atoms with E-state index in [0.717, 1.165) is 5.56 Å². The van der Waals surface area contributed by atoms with Crippen molar-refractivity contribution in [3.8, 4) is 11.5 Å². The molecular weight excluding hydrogens is 332 g/mol.